The van der Waals surface area contributed by atoms with Gasteiger partial charge in [-0.2, -0.15) is 0 Å². The van der Waals surface area contributed by atoms with E-state index >= 15 is 0 Å². The first-order chi connectivity index (χ1) is 7.01. The third kappa shape index (κ3) is 1.84. The molecule has 1 N–H and O–H groups in total. The number of aromatic nitrogens is 2. The Balaban J connectivity index is 2.35. The molecule has 2 rings (SSSR count). The van der Waals surface area contributed by atoms with Gasteiger partial charge in [-0.1, -0.05) is 0 Å². The molecule has 0 saturated heterocycles. The minimum atomic E-state index is -0.938. The highest BCUT2D eigenvalue weighted by Crippen LogP contribution is 2.38. The summed E-state index contributed by atoms with van der Waals surface area (Å²) in [6, 6.07) is 1.68. The fraction of sp³-hybridized carbons (Fsp3) is 0.545. The zero-order valence-corrected chi connectivity index (χ0v) is 8.90. The molecule has 0 aromatic carbocycles. The first kappa shape index (κ1) is 10.1. The van der Waals surface area contributed by atoms with E-state index in [9.17, 15) is 4.79 Å². The molecule has 0 bridgehead atoms. The quantitative estimate of drug-likeness (QED) is 0.817. The van der Waals surface area contributed by atoms with Gasteiger partial charge in [0.25, 0.3) is 0 Å². The van der Waals surface area contributed by atoms with Crippen molar-refractivity contribution in [2.45, 2.75) is 38.0 Å². The molecule has 0 spiro atoms. The van der Waals surface area contributed by atoms with Crippen LogP contribution in [0.25, 0.3) is 0 Å². The second-order valence-corrected chi connectivity index (χ2v) is 4.50. The Morgan fingerprint density at radius 1 is 1.53 bits per heavy atom. The molecule has 0 radical (unpaired) electrons. The molecule has 1 aliphatic rings. The van der Waals surface area contributed by atoms with Crippen LogP contribution in [0.2, 0.25) is 0 Å². The first-order valence-corrected chi connectivity index (χ1v) is 5.08. The van der Waals surface area contributed by atoms with Gasteiger partial charge < -0.3 is 5.11 Å². The Morgan fingerprint density at radius 3 is 2.73 bits per heavy atom. The Hall–Kier alpha value is -1.45. The molecule has 0 aliphatic heterocycles. The minimum absolute atomic E-state index is 0.453. The normalized spacial score (nSPS) is 16.4. The number of nitrogens with zero attached hydrogens (tertiary/aromatic N) is 2. The number of hydrogen-bond donors (Lipinski definition) is 1. The Labute approximate surface area is 88.4 Å². The molecule has 4 nitrogen and oxygen atoms in total. The average Bonchev–Trinajstić information content (AvgIpc) is 3.01. The number of rotatable bonds is 3. The van der Waals surface area contributed by atoms with Crippen molar-refractivity contribution in [3.05, 3.63) is 23.8 Å². The number of carbonyl (C=O) groups is 1. The van der Waals surface area contributed by atoms with Crippen LogP contribution in [0.4, 0.5) is 0 Å². The highest BCUT2D eigenvalue weighted by molar-refractivity contribution is 5.79. The van der Waals surface area contributed by atoms with E-state index in [0.717, 1.165) is 18.7 Å². The van der Waals surface area contributed by atoms with Crippen LogP contribution < -0.4 is 0 Å². The fourth-order valence-electron chi connectivity index (χ4n) is 1.37. The number of carboxylic acid groups (broad SMARTS) is 1. The largest absolute Gasteiger partial charge is 0.481 e. The van der Waals surface area contributed by atoms with Crippen molar-refractivity contribution in [3.8, 4) is 0 Å². The van der Waals surface area contributed by atoms with Crippen LogP contribution >= 0.6 is 0 Å². The van der Waals surface area contributed by atoms with Crippen molar-refractivity contribution in [1.29, 1.82) is 0 Å². The van der Waals surface area contributed by atoms with E-state index in [2.05, 4.69) is 9.97 Å². The molecule has 1 heterocycles. The second kappa shape index (κ2) is 3.29. The van der Waals surface area contributed by atoms with Gasteiger partial charge in [-0.25, -0.2) is 9.97 Å². The van der Waals surface area contributed by atoms with Crippen molar-refractivity contribution in [2.75, 3.05) is 0 Å². The molecule has 1 aromatic heterocycles. The Kier molecular flexibility index (Phi) is 2.21. The predicted octanol–water partition coefficient (Wildman–Crippen LogP) is 1.72. The van der Waals surface area contributed by atoms with Crippen molar-refractivity contribution >= 4 is 5.97 Å². The number of hydrogen-bond acceptors (Lipinski definition) is 3. The maximum atomic E-state index is 11.1. The Morgan fingerprint density at radius 2 is 2.20 bits per heavy atom. The fourth-order valence-corrected chi connectivity index (χ4v) is 1.37. The van der Waals surface area contributed by atoms with Gasteiger partial charge in [0, 0.05) is 12.1 Å². The molecule has 4 heteroatoms. The molecule has 80 valence electrons. The minimum Gasteiger partial charge on any atom is -0.481 e. The smallest absolute Gasteiger partial charge is 0.315 e. The number of carboxylic acids is 1. The lowest BCUT2D eigenvalue weighted by molar-refractivity contribution is -0.142. The summed E-state index contributed by atoms with van der Waals surface area (Å²) in [4.78, 5) is 19.6. The van der Waals surface area contributed by atoms with Gasteiger partial charge in [-0.05, 0) is 32.8 Å². The average molecular weight is 206 g/mol. The summed E-state index contributed by atoms with van der Waals surface area (Å²) >= 11 is 0. The van der Waals surface area contributed by atoms with E-state index in [1.807, 2.05) is 0 Å². The molecule has 1 fully saturated rings. The van der Waals surface area contributed by atoms with Crippen LogP contribution in [-0.2, 0) is 10.2 Å². The van der Waals surface area contributed by atoms with Crippen molar-refractivity contribution in [3.63, 3.8) is 0 Å². The molecule has 1 aliphatic carbocycles. The van der Waals surface area contributed by atoms with Crippen LogP contribution in [0.3, 0.4) is 0 Å². The maximum Gasteiger partial charge on any atom is 0.315 e. The molecular formula is C11H14N2O2. The topological polar surface area (TPSA) is 63.1 Å². The maximum absolute atomic E-state index is 11.1. The van der Waals surface area contributed by atoms with E-state index in [4.69, 9.17) is 5.11 Å². The highest BCUT2D eigenvalue weighted by Gasteiger charge is 2.33. The van der Waals surface area contributed by atoms with Gasteiger partial charge in [0.15, 0.2) is 0 Å². The Bertz CT molecular complexity index is 397. The lowest BCUT2D eigenvalue weighted by Crippen LogP contribution is -2.30. The van der Waals surface area contributed by atoms with Gasteiger partial charge in [0.2, 0.25) is 0 Å². The van der Waals surface area contributed by atoms with Crippen LogP contribution in [-0.4, -0.2) is 21.0 Å². The lowest BCUT2D eigenvalue weighted by atomic mass is 9.89. The van der Waals surface area contributed by atoms with E-state index in [1.54, 1.807) is 26.1 Å². The van der Waals surface area contributed by atoms with E-state index in [1.165, 1.54) is 0 Å². The predicted molar refractivity (Wildman–Crippen MR) is 54.7 cm³/mol. The van der Waals surface area contributed by atoms with Crippen LogP contribution in [0.1, 0.15) is 44.1 Å². The molecule has 0 atom stereocenters. The summed E-state index contributed by atoms with van der Waals surface area (Å²) in [7, 11) is 0. The van der Waals surface area contributed by atoms with Crippen molar-refractivity contribution in [1.82, 2.24) is 9.97 Å². The third-order valence-corrected chi connectivity index (χ3v) is 2.79. The highest BCUT2D eigenvalue weighted by atomic mass is 16.4. The second-order valence-electron chi connectivity index (χ2n) is 4.50. The van der Waals surface area contributed by atoms with E-state index in [-0.39, 0.29) is 0 Å². The standard InChI is InChI=1S/C11H14N2O2/c1-11(2,10(14)15)8-5-6-12-9(13-8)7-3-4-7/h5-7H,3-4H2,1-2H3,(H,14,15). The van der Waals surface area contributed by atoms with E-state index < -0.39 is 11.4 Å². The van der Waals surface area contributed by atoms with Gasteiger partial charge in [-0.3, -0.25) is 4.79 Å². The molecule has 15 heavy (non-hydrogen) atoms. The summed E-state index contributed by atoms with van der Waals surface area (Å²) in [5.74, 6) is 0.388. The van der Waals surface area contributed by atoms with Crippen molar-refractivity contribution in [2.24, 2.45) is 0 Å². The van der Waals surface area contributed by atoms with Gasteiger partial charge in [0.05, 0.1) is 5.69 Å². The monoisotopic (exact) mass is 206 g/mol. The first-order valence-electron chi connectivity index (χ1n) is 5.08. The SMILES string of the molecule is CC(C)(C(=O)O)c1ccnc(C2CC2)n1. The van der Waals surface area contributed by atoms with Gasteiger partial charge in [-0.15, -0.1) is 0 Å². The van der Waals surface area contributed by atoms with Gasteiger partial charge in [0.1, 0.15) is 11.2 Å². The summed E-state index contributed by atoms with van der Waals surface area (Å²) in [5.41, 5.74) is -0.348. The third-order valence-electron chi connectivity index (χ3n) is 2.79. The number of aliphatic carboxylic acids is 1. The molecule has 1 saturated carbocycles. The lowest BCUT2D eigenvalue weighted by Gasteiger charge is -2.18. The summed E-state index contributed by atoms with van der Waals surface area (Å²) in [6.07, 6.45) is 3.90. The van der Waals surface area contributed by atoms with Gasteiger partial charge >= 0.3 is 5.97 Å². The zero-order valence-electron chi connectivity index (χ0n) is 8.90. The molecule has 1 aromatic rings. The summed E-state index contributed by atoms with van der Waals surface area (Å²) in [5, 5.41) is 9.08. The molecule has 0 unspecified atom stereocenters. The zero-order chi connectivity index (χ0) is 11.1. The van der Waals surface area contributed by atoms with Crippen LogP contribution in [0.5, 0.6) is 0 Å². The van der Waals surface area contributed by atoms with Crippen molar-refractivity contribution < 1.29 is 9.90 Å². The molecular weight excluding hydrogens is 192 g/mol. The summed E-state index contributed by atoms with van der Waals surface area (Å²) < 4.78 is 0. The molecule has 0 amide bonds. The van der Waals surface area contributed by atoms with E-state index in [0.29, 0.717) is 11.6 Å². The summed E-state index contributed by atoms with van der Waals surface area (Å²) in [6.45, 7) is 3.32. The van der Waals surface area contributed by atoms with Crippen LogP contribution in [0.15, 0.2) is 12.3 Å². The van der Waals surface area contributed by atoms with Crippen LogP contribution in [0, 0.1) is 0 Å².